The van der Waals surface area contributed by atoms with Crippen molar-refractivity contribution in [2.75, 3.05) is 0 Å². The van der Waals surface area contributed by atoms with Gasteiger partial charge in [-0.15, -0.1) is 0 Å². The van der Waals surface area contributed by atoms with Gasteiger partial charge in [0, 0.05) is 38.4 Å². The Morgan fingerprint density at radius 1 is 0.466 bits per heavy atom. The first-order chi connectivity index (χ1) is 28.7. The second kappa shape index (κ2) is 13.6. The number of nitriles is 1. The van der Waals surface area contributed by atoms with E-state index in [1.165, 1.54) is 0 Å². The lowest BCUT2D eigenvalue weighted by Crippen LogP contribution is -2.04. The second-order valence-electron chi connectivity index (χ2n) is 14.4. The monoisotopic (exact) mass is 740 g/mol. The van der Waals surface area contributed by atoms with Gasteiger partial charge in [0.1, 0.15) is 22.8 Å². The van der Waals surface area contributed by atoms with Gasteiger partial charge in [-0.1, -0.05) is 164 Å². The van der Waals surface area contributed by atoms with Crippen LogP contribution in [0.3, 0.4) is 0 Å². The maximum Gasteiger partial charge on any atom is 0.162 e. The number of benzene rings is 8. The molecule has 270 valence electrons. The Bertz CT molecular complexity index is 3320. The highest BCUT2D eigenvalue weighted by molar-refractivity contribution is 6.25. The predicted octanol–water partition coefficient (Wildman–Crippen LogP) is 13.7. The summed E-state index contributed by atoms with van der Waals surface area (Å²) in [6, 6.07) is 68.9. The van der Waals surface area contributed by atoms with Gasteiger partial charge in [0.25, 0.3) is 0 Å². The Hall–Kier alpha value is -8.07. The molecule has 0 aliphatic heterocycles. The molecule has 0 bridgehead atoms. The average Bonchev–Trinajstić information content (AvgIpc) is 3.85. The first-order valence-electron chi connectivity index (χ1n) is 19.3. The fourth-order valence-electron chi connectivity index (χ4n) is 8.45. The molecule has 0 fully saturated rings. The van der Waals surface area contributed by atoms with E-state index >= 15 is 0 Å². The third kappa shape index (κ3) is 5.31. The standard InChI is InChI=1S/C53H32N4O/c54-33-44-49(36-20-9-3-10-21-36)55-53(56-50(44)37-22-11-4-12-23-37)43-32-38(34-16-5-1-6-17-34)28-30-46(43)57-45-27-14-13-24-40(45)41-29-31-47-48(51(41)57)42-26-15-25-39(52(42)58-47)35-18-7-2-8-19-35/h1-32H. The van der Waals surface area contributed by atoms with Crippen LogP contribution in [0.15, 0.2) is 199 Å². The fourth-order valence-corrected chi connectivity index (χ4v) is 8.45. The van der Waals surface area contributed by atoms with Crippen LogP contribution >= 0.6 is 0 Å². The van der Waals surface area contributed by atoms with Crippen molar-refractivity contribution in [2.45, 2.75) is 0 Å². The molecule has 5 nitrogen and oxygen atoms in total. The zero-order valence-corrected chi connectivity index (χ0v) is 31.2. The summed E-state index contributed by atoms with van der Waals surface area (Å²) >= 11 is 0. The van der Waals surface area contributed by atoms with Crippen LogP contribution < -0.4 is 0 Å². The molecule has 11 rings (SSSR count). The highest BCUT2D eigenvalue weighted by atomic mass is 16.3. The lowest BCUT2D eigenvalue weighted by Gasteiger charge is -2.18. The summed E-state index contributed by atoms with van der Waals surface area (Å²) in [5.41, 5.74) is 13.0. The van der Waals surface area contributed by atoms with E-state index in [9.17, 15) is 5.26 Å². The number of furan rings is 1. The first kappa shape index (κ1) is 33.3. The van der Waals surface area contributed by atoms with Crippen molar-refractivity contribution in [2.24, 2.45) is 0 Å². The predicted molar refractivity (Wildman–Crippen MR) is 236 cm³/mol. The van der Waals surface area contributed by atoms with E-state index in [-0.39, 0.29) is 0 Å². The average molecular weight is 741 g/mol. The molecule has 0 unspecified atom stereocenters. The maximum absolute atomic E-state index is 10.7. The van der Waals surface area contributed by atoms with Gasteiger partial charge in [-0.05, 0) is 47.0 Å². The van der Waals surface area contributed by atoms with Gasteiger partial charge in [-0.2, -0.15) is 5.26 Å². The van der Waals surface area contributed by atoms with Gasteiger partial charge in [-0.25, -0.2) is 9.97 Å². The summed E-state index contributed by atoms with van der Waals surface area (Å²) in [4.78, 5) is 10.6. The van der Waals surface area contributed by atoms with Gasteiger partial charge in [-0.3, -0.25) is 0 Å². The Morgan fingerprint density at radius 2 is 1.05 bits per heavy atom. The summed E-state index contributed by atoms with van der Waals surface area (Å²) in [7, 11) is 0. The van der Waals surface area contributed by atoms with E-state index in [0.29, 0.717) is 22.8 Å². The molecule has 11 aromatic rings. The molecule has 0 radical (unpaired) electrons. The number of aromatic nitrogens is 3. The third-order valence-corrected chi connectivity index (χ3v) is 11.1. The highest BCUT2D eigenvalue weighted by Crippen LogP contribution is 2.45. The van der Waals surface area contributed by atoms with Crippen LogP contribution in [0.2, 0.25) is 0 Å². The molecular weight excluding hydrogens is 709 g/mol. The molecule has 0 aliphatic rings. The van der Waals surface area contributed by atoms with Gasteiger partial charge < -0.3 is 8.98 Å². The highest BCUT2D eigenvalue weighted by Gasteiger charge is 2.25. The SMILES string of the molecule is N#Cc1c(-c2ccccc2)nc(-c2cc(-c3ccccc3)ccc2-n2c3ccccc3c3ccc4oc5c(-c6ccccc6)cccc5c4c32)nc1-c1ccccc1. The molecule has 5 heteroatoms. The van der Waals surface area contributed by atoms with Crippen LogP contribution in [0.5, 0.6) is 0 Å². The quantitative estimate of drug-likeness (QED) is 0.170. The molecule has 3 aromatic heterocycles. The number of hydrogen-bond donors (Lipinski definition) is 0. The van der Waals surface area contributed by atoms with E-state index in [0.717, 1.165) is 88.4 Å². The molecule has 0 saturated heterocycles. The number of hydrogen-bond acceptors (Lipinski definition) is 4. The van der Waals surface area contributed by atoms with E-state index in [4.69, 9.17) is 14.4 Å². The fraction of sp³-hybridized carbons (Fsp3) is 0. The minimum Gasteiger partial charge on any atom is -0.455 e. The largest absolute Gasteiger partial charge is 0.455 e. The molecule has 0 saturated carbocycles. The van der Waals surface area contributed by atoms with Gasteiger partial charge in [0.15, 0.2) is 5.82 Å². The molecular formula is C53H32N4O. The van der Waals surface area contributed by atoms with Gasteiger partial charge >= 0.3 is 0 Å². The summed E-state index contributed by atoms with van der Waals surface area (Å²) in [6.45, 7) is 0. The Kier molecular flexibility index (Phi) is 7.80. The van der Waals surface area contributed by atoms with Crippen molar-refractivity contribution in [3.05, 3.63) is 200 Å². The van der Waals surface area contributed by atoms with Crippen LogP contribution in [0, 0.1) is 11.3 Å². The smallest absolute Gasteiger partial charge is 0.162 e. The molecule has 58 heavy (non-hydrogen) atoms. The normalized spacial score (nSPS) is 11.4. The van der Waals surface area contributed by atoms with E-state index < -0.39 is 0 Å². The maximum atomic E-state index is 10.7. The van der Waals surface area contributed by atoms with Crippen LogP contribution in [-0.4, -0.2) is 14.5 Å². The molecule has 3 heterocycles. The number of para-hydroxylation sites is 2. The van der Waals surface area contributed by atoms with Gasteiger partial charge in [0.05, 0.1) is 33.5 Å². The van der Waals surface area contributed by atoms with Crippen molar-refractivity contribution < 1.29 is 4.42 Å². The summed E-state index contributed by atoms with van der Waals surface area (Å²) in [6.07, 6.45) is 0. The van der Waals surface area contributed by atoms with Crippen molar-refractivity contribution in [3.63, 3.8) is 0 Å². The zero-order valence-electron chi connectivity index (χ0n) is 31.2. The van der Waals surface area contributed by atoms with Crippen LogP contribution in [0.4, 0.5) is 0 Å². The van der Waals surface area contributed by atoms with Gasteiger partial charge in [0.2, 0.25) is 0 Å². The number of nitrogens with zero attached hydrogens (tertiary/aromatic N) is 4. The Balaban J connectivity index is 1.28. The third-order valence-electron chi connectivity index (χ3n) is 11.1. The van der Waals surface area contributed by atoms with Crippen molar-refractivity contribution in [1.29, 1.82) is 5.26 Å². The zero-order chi connectivity index (χ0) is 38.6. The van der Waals surface area contributed by atoms with Crippen molar-refractivity contribution >= 4 is 43.7 Å². The van der Waals surface area contributed by atoms with E-state index in [1.54, 1.807) is 0 Å². The van der Waals surface area contributed by atoms with Crippen LogP contribution in [0.1, 0.15) is 5.56 Å². The first-order valence-corrected chi connectivity index (χ1v) is 19.3. The minimum absolute atomic E-state index is 0.430. The van der Waals surface area contributed by atoms with Crippen molar-refractivity contribution in [3.8, 4) is 67.9 Å². The summed E-state index contributed by atoms with van der Waals surface area (Å²) in [5, 5.41) is 15.1. The van der Waals surface area contributed by atoms with E-state index in [1.807, 2.05) is 72.8 Å². The topological polar surface area (TPSA) is 67.6 Å². The summed E-state index contributed by atoms with van der Waals surface area (Å²) in [5.74, 6) is 0.519. The van der Waals surface area contributed by atoms with Crippen LogP contribution in [-0.2, 0) is 0 Å². The molecule has 0 amide bonds. The molecule has 0 aliphatic carbocycles. The molecule has 0 atom stereocenters. The second-order valence-corrected chi connectivity index (χ2v) is 14.4. The minimum atomic E-state index is 0.430. The molecule has 0 spiro atoms. The molecule has 0 N–H and O–H groups in total. The lowest BCUT2D eigenvalue weighted by atomic mass is 9.98. The summed E-state index contributed by atoms with van der Waals surface area (Å²) < 4.78 is 9.17. The van der Waals surface area contributed by atoms with Crippen LogP contribution in [0.25, 0.3) is 106 Å². The number of rotatable bonds is 6. The lowest BCUT2D eigenvalue weighted by molar-refractivity contribution is 0.670. The Morgan fingerprint density at radius 3 is 1.71 bits per heavy atom. The number of fused-ring (bicyclic) bond motifs is 7. The van der Waals surface area contributed by atoms with Crippen molar-refractivity contribution in [1.82, 2.24) is 14.5 Å². The van der Waals surface area contributed by atoms with E-state index in [2.05, 4.69) is 132 Å². The Labute approximate surface area is 334 Å². The molecule has 8 aromatic carbocycles.